The number of rotatable bonds is 4. The second-order valence-corrected chi connectivity index (χ2v) is 5.95. The van der Waals surface area contributed by atoms with Crippen LogP contribution in [0, 0.1) is 12.4 Å². The molecule has 0 bridgehead atoms. The normalized spacial score (nSPS) is 10.7. The number of fused-ring (bicyclic) bond motifs is 1. The minimum absolute atomic E-state index is 0.0342. The van der Waals surface area contributed by atoms with Gasteiger partial charge in [-0.25, -0.2) is 13.9 Å². The SMILES string of the molecule is [C-]#[N+]c1cc(O)c2cnn(-c3ccc(OCc4ccccc4)c(F)c3)c2c1. The van der Waals surface area contributed by atoms with Crippen molar-refractivity contribution in [1.29, 1.82) is 0 Å². The van der Waals surface area contributed by atoms with E-state index in [-0.39, 0.29) is 23.8 Å². The van der Waals surface area contributed by atoms with Gasteiger partial charge >= 0.3 is 0 Å². The highest BCUT2D eigenvalue weighted by Gasteiger charge is 2.12. The summed E-state index contributed by atoms with van der Waals surface area (Å²) in [5.41, 5.74) is 2.22. The second kappa shape index (κ2) is 6.81. The molecular formula is C21H14FN3O2. The van der Waals surface area contributed by atoms with Crippen molar-refractivity contribution < 1.29 is 14.2 Å². The van der Waals surface area contributed by atoms with Gasteiger partial charge in [-0.05, 0) is 29.8 Å². The molecule has 0 aliphatic rings. The number of nitrogens with zero attached hydrogens (tertiary/aromatic N) is 3. The Bertz CT molecular complexity index is 1160. The van der Waals surface area contributed by atoms with E-state index in [4.69, 9.17) is 11.3 Å². The number of ether oxygens (including phenoxy) is 1. The quantitative estimate of drug-likeness (QED) is 0.522. The molecule has 0 amide bonds. The monoisotopic (exact) mass is 359 g/mol. The van der Waals surface area contributed by atoms with E-state index in [1.165, 1.54) is 23.0 Å². The lowest BCUT2D eigenvalue weighted by molar-refractivity contribution is 0.290. The van der Waals surface area contributed by atoms with E-state index in [1.807, 2.05) is 30.3 Å². The van der Waals surface area contributed by atoms with Gasteiger partial charge in [0.15, 0.2) is 17.3 Å². The second-order valence-electron chi connectivity index (χ2n) is 5.95. The van der Waals surface area contributed by atoms with Crippen molar-refractivity contribution in [2.45, 2.75) is 6.61 Å². The Balaban J connectivity index is 1.66. The van der Waals surface area contributed by atoms with E-state index in [0.717, 1.165) is 5.56 Å². The van der Waals surface area contributed by atoms with Crippen LogP contribution in [0.25, 0.3) is 21.4 Å². The van der Waals surface area contributed by atoms with Crippen molar-refractivity contribution in [3.8, 4) is 17.2 Å². The zero-order valence-corrected chi connectivity index (χ0v) is 14.1. The van der Waals surface area contributed by atoms with Gasteiger partial charge in [-0.15, -0.1) is 0 Å². The molecule has 1 heterocycles. The summed E-state index contributed by atoms with van der Waals surface area (Å²) in [4.78, 5) is 3.34. The Morgan fingerprint density at radius 1 is 1.11 bits per heavy atom. The lowest BCUT2D eigenvalue weighted by atomic mass is 10.2. The fraction of sp³-hybridized carbons (Fsp3) is 0.0476. The first-order chi connectivity index (χ1) is 13.2. The Labute approximate surface area is 154 Å². The molecule has 132 valence electrons. The summed E-state index contributed by atoms with van der Waals surface area (Å²) >= 11 is 0. The molecule has 3 aromatic carbocycles. The molecule has 0 atom stereocenters. The molecule has 5 nitrogen and oxygen atoms in total. The highest BCUT2D eigenvalue weighted by Crippen LogP contribution is 2.32. The number of phenolic OH excluding ortho intramolecular Hbond substituents is 1. The molecular weight excluding hydrogens is 345 g/mol. The fourth-order valence-electron chi connectivity index (χ4n) is 2.84. The summed E-state index contributed by atoms with van der Waals surface area (Å²) in [6, 6.07) is 17.0. The van der Waals surface area contributed by atoms with Crippen LogP contribution >= 0.6 is 0 Å². The predicted molar refractivity (Wildman–Crippen MR) is 99.7 cm³/mol. The molecule has 0 saturated carbocycles. The summed E-state index contributed by atoms with van der Waals surface area (Å²) in [5, 5.41) is 14.7. The maximum absolute atomic E-state index is 14.5. The van der Waals surface area contributed by atoms with Crippen LogP contribution in [0.1, 0.15) is 5.56 Å². The number of aromatic hydroxyl groups is 1. The number of benzene rings is 3. The molecule has 0 radical (unpaired) electrons. The third kappa shape index (κ3) is 3.18. The summed E-state index contributed by atoms with van der Waals surface area (Å²) in [6.07, 6.45) is 1.48. The van der Waals surface area contributed by atoms with Gasteiger partial charge in [0, 0.05) is 6.07 Å². The molecule has 0 aliphatic heterocycles. The molecule has 0 spiro atoms. The van der Waals surface area contributed by atoms with Gasteiger partial charge in [0.25, 0.3) is 0 Å². The Hall–Kier alpha value is -3.85. The number of halogens is 1. The molecule has 1 N–H and O–H groups in total. The molecule has 0 fully saturated rings. The zero-order chi connectivity index (χ0) is 18.8. The van der Waals surface area contributed by atoms with Crippen LogP contribution in [0.2, 0.25) is 0 Å². The number of phenols is 1. The fourth-order valence-corrected chi connectivity index (χ4v) is 2.84. The summed E-state index contributed by atoms with van der Waals surface area (Å²) in [7, 11) is 0. The maximum Gasteiger partial charge on any atom is 0.193 e. The highest BCUT2D eigenvalue weighted by atomic mass is 19.1. The number of hydrogen-bond acceptors (Lipinski definition) is 3. The van der Waals surface area contributed by atoms with Crippen molar-refractivity contribution in [3.63, 3.8) is 0 Å². The zero-order valence-electron chi connectivity index (χ0n) is 14.1. The van der Waals surface area contributed by atoms with Crippen LogP contribution in [-0.2, 0) is 6.61 Å². The van der Waals surface area contributed by atoms with Gasteiger partial charge in [0.2, 0.25) is 0 Å². The standard InChI is InChI=1S/C21H14FN3O2/c1-23-15-9-19-17(20(26)10-15)12-24-25(19)16-7-8-21(18(22)11-16)27-13-14-5-3-2-4-6-14/h2-12,26H,13H2. The lowest BCUT2D eigenvalue weighted by Gasteiger charge is -2.10. The molecule has 0 saturated heterocycles. The van der Waals surface area contributed by atoms with Crippen molar-refractivity contribution in [2.75, 3.05) is 0 Å². The average molecular weight is 359 g/mol. The minimum atomic E-state index is -0.516. The maximum atomic E-state index is 14.5. The van der Waals surface area contributed by atoms with E-state index in [2.05, 4.69) is 9.94 Å². The van der Waals surface area contributed by atoms with Crippen LogP contribution in [0.3, 0.4) is 0 Å². The van der Waals surface area contributed by atoms with E-state index >= 15 is 0 Å². The van der Waals surface area contributed by atoms with Gasteiger partial charge in [-0.2, -0.15) is 5.10 Å². The molecule has 0 aliphatic carbocycles. The van der Waals surface area contributed by atoms with Crippen molar-refractivity contribution in [1.82, 2.24) is 9.78 Å². The Morgan fingerprint density at radius 3 is 2.67 bits per heavy atom. The first kappa shape index (κ1) is 16.6. The third-order valence-electron chi connectivity index (χ3n) is 4.18. The van der Waals surface area contributed by atoms with Crippen LogP contribution in [-0.4, -0.2) is 14.9 Å². The number of hydrogen-bond donors (Lipinski definition) is 1. The van der Waals surface area contributed by atoms with Crippen LogP contribution in [0.5, 0.6) is 11.5 Å². The topological polar surface area (TPSA) is 51.6 Å². The smallest absolute Gasteiger partial charge is 0.193 e. The van der Waals surface area contributed by atoms with Crippen molar-refractivity contribution >= 4 is 16.6 Å². The summed E-state index contributed by atoms with van der Waals surface area (Å²) in [6.45, 7) is 7.40. The van der Waals surface area contributed by atoms with E-state index < -0.39 is 5.82 Å². The molecule has 0 unspecified atom stereocenters. The summed E-state index contributed by atoms with van der Waals surface area (Å²) < 4.78 is 21.5. The lowest BCUT2D eigenvalue weighted by Crippen LogP contribution is -2.00. The third-order valence-corrected chi connectivity index (χ3v) is 4.18. The van der Waals surface area contributed by atoms with Crippen molar-refractivity contribution in [3.05, 3.63) is 89.7 Å². The van der Waals surface area contributed by atoms with Gasteiger partial charge in [0.1, 0.15) is 12.4 Å². The van der Waals surface area contributed by atoms with E-state index in [0.29, 0.717) is 16.6 Å². The van der Waals surface area contributed by atoms with Gasteiger partial charge < -0.3 is 9.84 Å². The van der Waals surface area contributed by atoms with Crippen LogP contribution < -0.4 is 4.74 Å². The Kier molecular flexibility index (Phi) is 4.19. The highest BCUT2D eigenvalue weighted by molar-refractivity contribution is 5.89. The van der Waals surface area contributed by atoms with Crippen LogP contribution in [0.15, 0.2) is 66.9 Å². The average Bonchev–Trinajstić information content (AvgIpc) is 3.12. The summed E-state index contributed by atoms with van der Waals surface area (Å²) in [5.74, 6) is -0.408. The predicted octanol–water partition coefficient (Wildman–Crippen LogP) is 5.00. The number of aromatic nitrogens is 2. The van der Waals surface area contributed by atoms with Crippen molar-refractivity contribution in [2.24, 2.45) is 0 Å². The molecule has 4 aromatic rings. The largest absolute Gasteiger partial charge is 0.509 e. The molecule has 27 heavy (non-hydrogen) atoms. The van der Waals surface area contributed by atoms with Crippen LogP contribution in [0.4, 0.5) is 10.1 Å². The first-order valence-corrected chi connectivity index (χ1v) is 8.20. The molecule has 4 rings (SSSR count). The minimum Gasteiger partial charge on any atom is -0.509 e. The Morgan fingerprint density at radius 2 is 1.93 bits per heavy atom. The molecule has 6 heteroatoms. The van der Waals surface area contributed by atoms with E-state index in [9.17, 15) is 9.50 Å². The first-order valence-electron chi connectivity index (χ1n) is 8.20. The van der Waals surface area contributed by atoms with Gasteiger partial charge in [0.05, 0.1) is 29.4 Å². The van der Waals surface area contributed by atoms with Gasteiger partial charge in [-0.1, -0.05) is 30.3 Å². The molecule has 1 aromatic heterocycles. The van der Waals surface area contributed by atoms with Gasteiger partial charge in [-0.3, -0.25) is 0 Å². The van der Waals surface area contributed by atoms with E-state index in [1.54, 1.807) is 18.2 Å².